The van der Waals surface area contributed by atoms with Crippen molar-refractivity contribution in [2.45, 2.75) is 18.8 Å². The standard InChI is InChI=1S/C20H23F3N2O2.ClH/c1-26-18-13-16(19(20(21,22)23)25-11-9-24-10-12-25)7-8-17(18)27-14-15-5-3-2-4-6-15;/h2-8,13,19,24H,9-12,14H2,1H3;1H/t19-;/m1./s1. The number of hydrogen-bond donors (Lipinski definition) is 1. The molecule has 0 saturated carbocycles. The molecule has 0 unspecified atom stereocenters. The van der Waals surface area contributed by atoms with Crippen molar-refractivity contribution in [2.24, 2.45) is 0 Å². The number of rotatable bonds is 6. The first-order valence-electron chi connectivity index (χ1n) is 8.85. The largest absolute Gasteiger partial charge is 0.493 e. The molecule has 3 rings (SSSR count). The molecule has 2 aromatic rings. The molecule has 1 fully saturated rings. The van der Waals surface area contributed by atoms with Gasteiger partial charge in [0.15, 0.2) is 11.5 Å². The third kappa shape index (κ3) is 5.53. The van der Waals surface area contributed by atoms with Crippen LogP contribution in [0.4, 0.5) is 13.2 Å². The van der Waals surface area contributed by atoms with Gasteiger partial charge in [-0.15, -0.1) is 12.4 Å². The van der Waals surface area contributed by atoms with E-state index < -0.39 is 12.2 Å². The van der Waals surface area contributed by atoms with Crippen LogP contribution in [0.15, 0.2) is 48.5 Å². The molecule has 1 N–H and O–H groups in total. The Bertz CT molecular complexity index is 738. The zero-order valence-corrected chi connectivity index (χ0v) is 16.4. The van der Waals surface area contributed by atoms with Crippen LogP contribution >= 0.6 is 12.4 Å². The van der Waals surface area contributed by atoms with Crippen LogP contribution in [-0.4, -0.2) is 44.4 Å². The minimum Gasteiger partial charge on any atom is -0.493 e. The van der Waals surface area contributed by atoms with Crippen LogP contribution in [-0.2, 0) is 6.61 Å². The normalized spacial score (nSPS) is 16.1. The lowest BCUT2D eigenvalue weighted by Crippen LogP contribution is -2.49. The Labute approximate surface area is 169 Å². The highest BCUT2D eigenvalue weighted by molar-refractivity contribution is 5.85. The summed E-state index contributed by atoms with van der Waals surface area (Å²) in [6, 6.07) is 12.4. The maximum Gasteiger partial charge on any atom is 0.408 e. The molecule has 0 aliphatic carbocycles. The monoisotopic (exact) mass is 416 g/mol. The highest BCUT2D eigenvalue weighted by Crippen LogP contribution is 2.41. The van der Waals surface area contributed by atoms with Crippen molar-refractivity contribution in [3.05, 3.63) is 59.7 Å². The average molecular weight is 417 g/mol. The molecule has 0 aromatic heterocycles. The second kappa shape index (κ2) is 10.0. The molecule has 8 heteroatoms. The Hall–Kier alpha value is -1.96. The van der Waals surface area contributed by atoms with Crippen LogP contribution in [0.3, 0.4) is 0 Å². The summed E-state index contributed by atoms with van der Waals surface area (Å²) in [4.78, 5) is 1.45. The van der Waals surface area contributed by atoms with Gasteiger partial charge in [-0.2, -0.15) is 13.2 Å². The number of benzene rings is 2. The first-order chi connectivity index (χ1) is 13.0. The van der Waals surface area contributed by atoms with Crippen molar-refractivity contribution in [2.75, 3.05) is 33.3 Å². The van der Waals surface area contributed by atoms with E-state index in [4.69, 9.17) is 9.47 Å². The van der Waals surface area contributed by atoms with E-state index >= 15 is 0 Å². The molecule has 0 bridgehead atoms. The number of nitrogens with zero attached hydrogens (tertiary/aromatic N) is 1. The van der Waals surface area contributed by atoms with E-state index in [1.54, 1.807) is 6.07 Å². The van der Waals surface area contributed by atoms with Crippen LogP contribution < -0.4 is 14.8 Å². The van der Waals surface area contributed by atoms with E-state index in [1.807, 2.05) is 30.3 Å². The summed E-state index contributed by atoms with van der Waals surface area (Å²) in [5.41, 5.74) is 1.13. The molecule has 1 aliphatic rings. The molecule has 1 heterocycles. The maximum atomic E-state index is 13.8. The topological polar surface area (TPSA) is 33.7 Å². The van der Waals surface area contributed by atoms with E-state index in [0.29, 0.717) is 44.3 Å². The highest BCUT2D eigenvalue weighted by Gasteiger charge is 2.45. The van der Waals surface area contributed by atoms with Crippen molar-refractivity contribution in [1.82, 2.24) is 10.2 Å². The first kappa shape index (κ1) is 22.3. The van der Waals surface area contributed by atoms with Gasteiger partial charge in [-0.1, -0.05) is 36.4 Å². The Morgan fingerprint density at radius 2 is 1.71 bits per heavy atom. The summed E-state index contributed by atoms with van der Waals surface area (Å²) in [7, 11) is 1.43. The molecular weight excluding hydrogens is 393 g/mol. The summed E-state index contributed by atoms with van der Waals surface area (Å²) in [5.74, 6) is 0.721. The number of ether oxygens (including phenoxy) is 2. The number of alkyl halides is 3. The third-order valence-electron chi connectivity index (χ3n) is 4.57. The SMILES string of the molecule is COc1cc([C@@H](N2CCNCC2)C(F)(F)F)ccc1OCc1ccccc1.Cl. The zero-order valence-electron chi connectivity index (χ0n) is 15.5. The van der Waals surface area contributed by atoms with Gasteiger partial charge in [0.25, 0.3) is 0 Å². The smallest absolute Gasteiger partial charge is 0.408 e. The van der Waals surface area contributed by atoms with E-state index in [2.05, 4.69) is 5.32 Å². The summed E-state index contributed by atoms with van der Waals surface area (Å²) in [6.45, 7) is 2.10. The minimum absolute atomic E-state index is 0. The van der Waals surface area contributed by atoms with Crippen molar-refractivity contribution >= 4 is 12.4 Å². The third-order valence-corrected chi connectivity index (χ3v) is 4.57. The fourth-order valence-electron chi connectivity index (χ4n) is 3.26. The molecular formula is C20H24ClF3N2O2. The predicted octanol–water partition coefficient (Wildman–Crippen LogP) is 4.20. The molecule has 0 amide bonds. The van der Waals surface area contributed by atoms with Crippen molar-refractivity contribution in [3.8, 4) is 11.5 Å². The Morgan fingerprint density at radius 1 is 1.04 bits per heavy atom. The molecule has 28 heavy (non-hydrogen) atoms. The van der Waals surface area contributed by atoms with Gasteiger partial charge in [-0.25, -0.2) is 0 Å². The maximum absolute atomic E-state index is 13.8. The van der Waals surface area contributed by atoms with Gasteiger partial charge < -0.3 is 14.8 Å². The molecule has 1 aliphatic heterocycles. The van der Waals surface area contributed by atoms with Gasteiger partial charge in [-0.3, -0.25) is 4.90 Å². The van der Waals surface area contributed by atoms with Gasteiger partial charge in [0, 0.05) is 26.2 Å². The first-order valence-corrected chi connectivity index (χ1v) is 8.85. The van der Waals surface area contributed by atoms with Gasteiger partial charge in [-0.05, 0) is 23.3 Å². The second-order valence-corrected chi connectivity index (χ2v) is 6.41. The van der Waals surface area contributed by atoms with Crippen molar-refractivity contribution in [1.29, 1.82) is 0 Å². The lowest BCUT2D eigenvalue weighted by Gasteiger charge is -2.36. The molecule has 1 atom stereocenters. The van der Waals surface area contributed by atoms with E-state index in [-0.39, 0.29) is 18.0 Å². The average Bonchev–Trinajstić information content (AvgIpc) is 2.67. The number of nitrogens with one attached hydrogen (secondary N) is 1. The highest BCUT2D eigenvalue weighted by atomic mass is 35.5. The summed E-state index contributed by atoms with van der Waals surface area (Å²) >= 11 is 0. The Morgan fingerprint density at radius 3 is 2.32 bits per heavy atom. The number of halogens is 4. The van der Waals surface area contributed by atoms with Crippen LogP contribution in [0.2, 0.25) is 0 Å². The van der Waals surface area contributed by atoms with Crippen molar-refractivity contribution in [3.63, 3.8) is 0 Å². The van der Waals surface area contributed by atoms with E-state index in [0.717, 1.165) is 5.56 Å². The summed E-state index contributed by atoms with van der Waals surface area (Å²) in [6.07, 6.45) is -4.37. The number of hydrogen-bond acceptors (Lipinski definition) is 4. The fraction of sp³-hybridized carbons (Fsp3) is 0.400. The van der Waals surface area contributed by atoms with Gasteiger partial charge in [0.2, 0.25) is 0 Å². The molecule has 1 saturated heterocycles. The minimum atomic E-state index is -4.37. The lowest BCUT2D eigenvalue weighted by atomic mass is 10.0. The van der Waals surface area contributed by atoms with Crippen LogP contribution in [0.5, 0.6) is 11.5 Å². The van der Waals surface area contributed by atoms with Crippen molar-refractivity contribution < 1.29 is 22.6 Å². The number of piperazine rings is 1. The molecule has 4 nitrogen and oxygen atoms in total. The Kier molecular flexibility index (Phi) is 7.98. The summed E-state index contributed by atoms with van der Waals surface area (Å²) < 4.78 is 52.3. The number of methoxy groups -OCH3 is 1. The second-order valence-electron chi connectivity index (χ2n) is 6.41. The van der Waals surface area contributed by atoms with Crippen LogP contribution in [0, 0.1) is 0 Å². The van der Waals surface area contributed by atoms with E-state index in [9.17, 15) is 13.2 Å². The quantitative estimate of drug-likeness (QED) is 0.765. The van der Waals surface area contributed by atoms with Crippen LogP contribution in [0.25, 0.3) is 0 Å². The Balaban J connectivity index is 0.00000280. The fourth-order valence-corrected chi connectivity index (χ4v) is 3.26. The molecule has 154 valence electrons. The van der Waals surface area contributed by atoms with Gasteiger partial charge >= 0.3 is 6.18 Å². The summed E-state index contributed by atoms with van der Waals surface area (Å²) in [5, 5.41) is 3.08. The van der Waals surface area contributed by atoms with Gasteiger partial charge in [0.05, 0.1) is 7.11 Å². The van der Waals surface area contributed by atoms with Gasteiger partial charge in [0.1, 0.15) is 12.6 Å². The zero-order chi connectivity index (χ0) is 19.3. The molecule has 0 spiro atoms. The molecule has 2 aromatic carbocycles. The van der Waals surface area contributed by atoms with E-state index in [1.165, 1.54) is 24.1 Å². The molecule has 0 radical (unpaired) electrons. The van der Waals surface area contributed by atoms with Crippen LogP contribution in [0.1, 0.15) is 17.2 Å². The lowest BCUT2D eigenvalue weighted by molar-refractivity contribution is -0.187. The predicted molar refractivity (Wildman–Crippen MR) is 104 cm³/mol.